The van der Waals surface area contributed by atoms with Gasteiger partial charge in [0.1, 0.15) is 0 Å². The van der Waals surface area contributed by atoms with Crippen molar-refractivity contribution in [2.24, 2.45) is 0 Å². The highest BCUT2D eigenvalue weighted by Gasteiger charge is 2.09. The molecule has 2 N–H and O–H groups in total. The van der Waals surface area contributed by atoms with Gasteiger partial charge >= 0.3 is 0 Å². The molecule has 0 atom stereocenters. The number of aryl methyl sites for hydroxylation is 3. The molecule has 0 saturated carbocycles. The van der Waals surface area contributed by atoms with E-state index in [4.69, 9.17) is 0 Å². The monoisotopic (exact) mass is 346 g/mol. The molecule has 3 rings (SSSR count). The van der Waals surface area contributed by atoms with Gasteiger partial charge in [-0.1, -0.05) is 37.3 Å². The van der Waals surface area contributed by atoms with Crippen LogP contribution in [-0.4, -0.2) is 15.9 Å². The number of nitrogens with zero attached hydrogens (tertiary/aromatic N) is 2. The highest BCUT2D eigenvalue weighted by Crippen LogP contribution is 2.22. The Labute approximate surface area is 153 Å². The summed E-state index contributed by atoms with van der Waals surface area (Å²) in [6.07, 6.45) is 4.02. The first-order chi connectivity index (χ1) is 12.6. The summed E-state index contributed by atoms with van der Waals surface area (Å²) in [4.78, 5) is 20.9. The van der Waals surface area contributed by atoms with E-state index >= 15 is 0 Å². The van der Waals surface area contributed by atoms with Gasteiger partial charge in [0.15, 0.2) is 0 Å². The first kappa shape index (κ1) is 17.6. The number of aromatic nitrogens is 2. The van der Waals surface area contributed by atoms with Gasteiger partial charge in [0.25, 0.3) is 5.91 Å². The first-order valence-electron chi connectivity index (χ1n) is 8.62. The number of carbonyl (C=O) groups excluding carboxylic acids is 1. The summed E-state index contributed by atoms with van der Waals surface area (Å²) in [7, 11) is 0. The molecule has 2 aromatic carbocycles. The largest absolute Gasteiger partial charge is 0.324 e. The number of rotatable bonds is 5. The molecule has 1 amide bonds. The Hall–Kier alpha value is -3.21. The average Bonchev–Trinajstić information content (AvgIpc) is 2.66. The summed E-state index contributed by atoms with van der Waals surface area (Å²) in [5, 5.41) is 6.07. The van der Waals surface area contributed by atoms with E-state index in [1.807, 2.05) is 56.3 Å². The number of anilines is 3. The summed E-state index contributed by atoms with van der Waals surface area (Å²) < 4.78 is 0. The van der Waals surface area contributed by atoms with E-state index < -0.39 is 0 Å². The van der Waals surface area contributed by atoms with Gasteiger partial charge in [-0.05, 0) is 49.1 Å². The molecular formula is C21H22N4O. The second kappa shape index (κ2) is 7.78. The molecule has 0 aliphatic carbocycles. The molecule has 0 spiro atoms. The minimum atomic E-state index is -0.229. The van der Waals surface area contributed by atoms with E-state index in [-0.39, 0.29) is 5.91 Å². The standard InChI is InChI=1S/C21H22N4O/c1-4-16-8-10-18(11-9-16)24-20(26)17-12-22-21(23-13-17)25-19-14(2)6-5-7-15(19)3/h5-13H,4H2,1-3H3,(H,24,26)(H,22,23,25). The molecule has 5 heteroatoms. The molecule has 0 aliphatic rings. The van der Waals surface area contributed by atoms with E-state index in [1.54, 1.807) is 0 Å². The maximum atomic E-state index is 12.3. The van der Waals surface area contributed by atoms with Gasteiger partial charge in [0.2, 0.25) is 5.95 Å². The minimum absolute atomic E-state index is 0.229. The zero-order valence-corrected chi connectivity index (χ0v) is 15.2. The zero-order valence-electron chi connectivity index (χ0n) is 15.2. The molecule has 132 valence electrons. The second-order valence-electron chi connectivity index (χ2n) is 6.19. The summed E-state index contributed by atoms with van der Waals surface area (Å²) >= 11 is 0. The van der Waals surface area contributed by atoms with Crippen LogP contribution in [0.15, 0.2) is 54.9 Å². The Morgan fingerprint density at radius 1 is 0.962 bits per heavy atom. The predicted octanol–water partition coefficient (Wildman–Crippen LogP) is 4.65. The molecule has 0 unspecified atom stereocenters. The fourth-order valence-electron chi connectivity index (χ4n) is 2.66. The molecule has 0 saturated heterocycles. The van der Waals surface area contributed by atoms with Crippen LogP contribution < -0.4 is 10.6 Å². The van der Waals surface area contributed by atoms with E-state index in [2.05, 4.69) is 27.5 Å². The number of hydrogen-bond donors (Lipinski definition) is 2. The van der Waals surface area contributed by atoms with Gasteiger partial charge in [0, 0.05) is 23.8 Å². The molecule has 1 aromatic heterocycles. The van der Waals surface area contributed by atoms with Crippen LogP contribution in [0, 0.1) is 13.8 Å². The quantitative estimate of drug-likeness (QED) is 0.705. The van der Waals surface area contributed by atoms with Crippen LogP contribution in [0.5, 0.6) is 0 Å². The topological polar surface area (TPSA) is 66.9 Å². The minimum Gasteiger partial charge on any atom is -0.324 e. The van der Waals surface area contributed by atoms with Crippen molar-refractivity contribution in [3.05, 3.63) is 77.1 Å². The first-order valence-corrected chi connectivity index (χ1v) is 8.62. The third kappa shape index (κ3) is 4.06. The Kier molecular flexibility index (Phi) is 5.27. The van der Waals surface area contributed by atoms with Crippen LogP contribution in [0.2, 0.25) is 0 Å². The molecule has 3 aromatic rings. The predicted molar refractivity (Wildman–Crippen MR) is 105 cm³/mol. The summed E-state index contributed by atoms with van der Waals surface area (Å²) in [5.41, 5.74) is 5.62. The molecule has 26 heavy (non-hydrogen) atoms. The molecular weight excluding hydrogens is 324 g/mol. The number of nitrogens with one attached hydrogen (secondary N) is 2. The lowest BCUT2D eigenvalue weighted by molar-refractivity contribution is 0.102. The van der Waals surface area contributed by atoms with E-state index in [0.29, 0.717) is 11.5 Å². The number of carbonyl (C=O) groups is 1. The van der Waals surface area contributed by atoms with Crippen LogP contribution in [0.25, 0.3) is 0 Å². The van der Waals surface area contributed by atoms with Crippen LogP contribution in [0.3, 0.4) is 0 Å². The number of benzene rings is 2. The lowest BCUT2D eigenvalue weighted by Crippen LogP contribution is -2.13. The van der Waals surface area contributed by atoms with Crippen LogP contribution in [0.1, 0.15) is 34.0 Å². The van der Waals surface area contributed by atoms with Crippen molar-refractivity contribution in [2.45, 2.75) is 27.2 Å². The summed E-state index contributed by atoms with van der Waals surface area (Å²) in [6.45, 7) is 6.15. The van der Waals surface area contributed by atoms with Gasteiger partial charge < -0.3 is 10.6 Å². The maximum absolute atomic E-state index is 12.3. The summed E-state index contributed by atoms with van der Waals surface area (Å²) in [6, 6.07) is 13.9. The molecule has 5 nitrogen and oxygen atoms in total. The van der Waals surface area contributed by atoms with Crippen LogP contribution in [-0.2, 0) is 6.42 Å². The Morgan fingerprint density at radius 2 is 1.58 bits per heavy atom. The SMILES string of the molecule is CCc1ccc(NC(=O)c2cnc(Nc3c(C)cccc3C)nc2)cc1. The van der Waals surface area contributed by atoms with Crippen molar-refractivity contribution < 1.29 is 4.79 Å². The second-order valence-corrected chi connectivity index (χ2v) is 6.19. The smallest absolute Gasteiger partial charge is 0.258 e. The fourth-order valence-corrected chi connectivity index (χ4v) is 2.66. The van der Waals surface area contributed by atoms with Crippen LogP contribution >= 0.6 is 0 Å². The lowest BCUT2D eigenvalue weighted by atomic mass is 10.1. The van der Waals surface area contributed by atoms with Crippen molar-refractivity contribution >= 4 is 23.2 Å². The zero-order chi connectivity index (χ0) is 18.5. The summed E-state index contributed by atoms with van der Waals surface area (Å²) in [5.74, 6) is 0.235. The molecule has 0 fully saturated rings. The lowest BCUT2D eigenvalue weighted by Gasteiger charge is -2.11. The highest BCUT2D eigenvalue weighted by atomic mass is 16.1. The number of amides is 1. The average molecular weight is 346 g/mol. The van der Waals surface area contributed by atoms with Crippen molar-refractivity contribution in [2.75, 3.05) is 10.6 Å². The molecule has 1 heterocycles. The Morgan fingerprint density at radius 3 is 2.15 bits per heavy atom. The van der Waals surface area contributed by atoms with Crippen molar-refractivity contribution in [3.8, 4) is 0 Å². The van der Waals surface area contributed by atoms with Gasteiger partial charge in [-0.25, -0.2) is 9.97 Å². The van der Waals surface area contributed by atoms with Gasteiger partial charge in [-0.15, -0.1) is 0 Å². The van der Waals surface area contributed by atoms with Gasteiger partial charge in [-0.2, -0.15) is 0 Å². The molecule has 0 bridgehead atoms. The molecule has 0 aliphatic heterocycles. The molecule has 0 radical (unpaired) electrons. The van der Waals surface area contributed by atoms with Crippen molar-refractivity contribution in [3.63, 3.8) is 0 Å². The Balaban J connectivity index is 1.69. The third-order valence-electron chi connectivity index (χ3n) is 4.25. The van der Waals surface area contributed by atoms with E-state index in [0.717, 1.165) is 28.9 Å². The third-order valence-corrected chi connectivity index (χ3v) is 4.25. The maximum Gasteiger partial charge on any atom is 0.258 e. The normalized spacial score (nSPS) is 10.4. The highest BCUT2D eigenvalue weighted by molar-refractivity contribution is 6.03. The van der Waals surface area contributed by atoms with E-state index in [9.17, 15) is 4.79 Å². The number of para-hydroxylation sites is 1. The van der Waals surface area contributed by atoms with E-state index in [1.165, 1.54) is 18.0 Å². The van der Waals surface area contributed by atoms with Crippen LogP contribution in [0.4, 0.5) is 17.3 Å². The fraction of sp³-hybridized carbons (Fsp3) is 0.190. The Bertz CT molecular complexity index is 882. The van der Waals surface area contributed by atoms with Gasteiger partial charge in [-0.3, -0.25) is 4.79 Å². The van der Waals surface area contributed by atoms with Crippen molar-refractivity contribution in [1.29, 1.82) is 0 Å². The van der Waals surface area contributed by atoms with Gasteiger partial charge in [0.05, 0.1) is 5.56 Å². The van der Waals surface area contributed by atoms with Crippen molar-refractivity contribution in [1.82, 2.24) is 9.97 Å². The number of hydrogen-bond acceptors (Lipinski definition) is 4.